The molecule has 3 rings (SSSR count). The summed E-state index contributed by atoms with van der Waals surface area (Å²) in [6, 6.07) is 4.06. The number of halogens is 1. The van der Waals surface area contributed by atoms with Crippen LogP contribution in [0.25, 0.3) is 0 Å². The van der Waals surface area contributed by atoms with Gasteiger partial charge in [-0.1, -0.05) is 6.07 Å². The van der Waals surface area contributed by atoms with Crippen LogP contribution < -0.4 is 0 Å². The number of carboxylic acid groups (broad SMARTS) is 1. The summed E-state index contributed by atoms with van der Waals surface area (Å²) in [7, 11) is -3.55. The third kappa shape index (κ3) is 2.22. The van der Waals surface area contributed by atoms with E-state index in [0.29, 0.717) is 31.2 Å². The lowest BCUT2D eigenvalue weighted by molar-refractivity contribution is -0.137. The highest BCUT2D eigenvalue weighted by Crippen LogP contribution is 2.51. The van der Waals surface area contributed by atoms with Crippen LogP contribution in [0.5, 0.6) is 0 Å². The fraction of sp³-hybridized carbons (Fsp3) is 0.500. The van der Waals surface area contributed by atoms with Gasteiger partial charge in [0.05, 0.1) is 11.7 Å². The zero-order valence-corrected chi connectivity index (χ0v) is 11.6. The molecule has 0 amide bonds. The van der Waals surface area contributed by atoms with Crippen molar-refractivity contribution in [1.29, 1.82) is 0 Å². The summed E-state index contributed by atoms with van der Waals surface area (Å²) in [6.45, 7) is 0. The highest BCUT2D eigenvalue weighted by atomic mass is 32.2. The quantitative estimate of drug-likeness (QED) is 0.905. The van der Waals surface area contributed by atoms with Crippen LogP contribution >= 0.6 is 0 Å². The second kappa shape index (κ2) is 4.28. The first kappa shape index (κ1) is 13.5. The summed E-state index contributed by atoms with van der Waals surface area (Å²) in [5.74, 6) is -1.68. The Morgan fingerprint density at radius 3 is 2.45 bits per heavy atom. The highest BCUT2D eigenvalue weighted by Gasteiger charge is 2.47. The van der Waals surface area contributed by atoms with Crippen LogP contribution in [0, 0.1) is 5.82 Å². The Bertz CT molecular complexity index is 672. The molecule has 20 heavy (non-hydrogen) atoms. The lowest BCUT2D eigenvalue weighted by atomic mass is 9.92. The molecule has 1 aromatic carbocycles. The van der Waals surface area contributed by atoms with Crippen molar-refractivity contribution in [3.63, 3.8) is 0 Å². The smallest absolute Gasteiger partial charge is 0.304 e. The molecule has 2 fully saturated rings. The zero-order valence-electron chi connectivity index (χ0n) is 10.8. The van der Waals surface area contributed by atoms with Crippen LogP contribution in [0.1, 0.15) is 37.7 Å². The molecule has 2 aliphatic rings. The maximum Gasteiger partial charge on any atom is 0.304 e. The third-order valence-corrected chi connectivity index (χ3v) is 6.45. The molecule has 0 heterocycles. The van der Waals surface area contributed by atoms with Crippen molar-refractivity contribution in [2.24, 2.45) is 0 Å². The molecule has 108 valence electrons. The number of hydrogen-bond donors (Lipinski definition) is 1. The van der Waals surface area contributed by atoms with Gasteiger partial charge in [0.2, 0.25) is 0 Å². The fourth-order valence-corrected chi connectivity index (χ4v) is 4.33. The van der Waals surface area contributed by atoms with Gasteiger partial charge in [0, 0.05) is 5.41 Å². The molecule has 2 aliphatic carbocycles. The van der Waals surface area contributed by atoms with Crippen LogP contribution in [0.3, 0.4) is 0 Å². The molecule has 0 unspecified atom stereocenters. The maximum absolute atomic E-state index is 14.1. The topological polar surface area (TPSA) is 71.4 Å². The summed E-state index contributed by atoms with van der Waals surface area (Å²) in [6.07, 6.45) is 2.54. The van der Waals surface area contributed by atoms with E-state index in [9.17, 15) is 17.6 Å². The molecule has 2 saturated carbocycles. The van der Waals surface area contributed by atoms with Crippen molar-refractivity contribution >= 4 is 15.8 Å². The van der Waals surface area contributed by atoms with Crippen LogP contribution in [0.4, 0.5) is 4.39 Å². The van der Waals surface area contributed by atoms with E-state index >= 15 is 0 Å². The van der Waals surface area contributed by atoms with Crippen LogP contribution in [0.15, 0.2) is 23.1 Å². The number of benzene rings is 1. The predicted octanol–water partition coefficient (Wildman–Crippen LogP) is 2.27. The minimum atomic E-state index is -3.55. The summed E-state index contributed by atoms with van der Waals surface area (Å²) in [4.78, 5) is 10.6. The number of hydrogen-bond acceptors (Lipinski definition) is 3. The molecule has 0 bridgehead atoms. The van der Waals surface area contributed by atoms with Crippen LogP contribution in [-0.2, 0) is 20.0 Å². The monoisotopic (exact) mass is 298 g/mol. The average molecular weight is 298 g/mol. The van der Waals surface area contributed by atoms with Gasteiger partial charge in [0.15, 0.2) is 9.84 Å². The van der Waals surface area contributed by atoms with Crippen LogP contribution in [0.2, 0.25) is 0 Å². The van der Waals surface area contributed by atoms with Gasteiger partial charge in [0.25, 0.3) is 0 Å². The molecule has 1 N–H and O–H groups in total. The molecule has 0 radical (unpaired) electrons. The lowest BCUT2D eigenvalue weighted by Crippen LogP contribution is -2.15. The molecule has 0 atom stereocenters. The number of rotatable bonds is 5. The Morgan fingerprint density at radius 2 is 2.00 bits per heavy atom. The van der Waals surface area contributed by atoms with Crippen molar-refractivity contribution in [2.75, 3.05) is 0 Å². The molecule has 0 aliphatic heterocycles. The second-order valence-electron chi connectivity index (χ2n) is 5.74. The third-order valence-electron chi connectivity index (χ3n) is 4.16. The first-order chi connectivity index (χ1) is 9.35. The first-order valence-corrected chi connectivity index (χ1v) is 8.15. The van der Waals surface area contributed by atoms with Gasteiger partial charge in [0.1, 0.15) is 10.7 Å². The second-order valence-corrected chi connectivity index (χ2v) is 7.94. The summed E-state index contributed by atoms with van der Waals surface area (Å²) >= 11 is 0. The van der Waals surface area contributed by atoms with Crippen molar-refractivity contribution in [3.05, 3.63) is 29.6 Å². The van der Waals surface area contributed by atoms with Crippen LogP contribution in [-0.4, -0.2) is 24.7 Å². The Kier molecular flexibility index (Phi) is 2.90. The molecule has 0 spiro atoms. The van der Waals surface area contributed by atoms with Crippen molar-refractivity contribution in [1.82, 2.24) is 0 Å². The average Bonchev–Trinajstić information content (AvgIpc) is 3.22. The van der Waals surface area contributed by atoms with Gasteiger partial charge >= 0.3 is 5.97 Å². The van der Waals surface area contributed by atoms with Gasteiger partial charge in [-0.15, -0.1) is 0 Å². The summed E-state index contributed by atoms with van der Waals surface area (Å²) in [5.41, 5.74) is 0.0845. The number of carbonyl (C=O) groups is 1. The Hall–Kier alpha value is -1.43. The lowest BCUT2D eigenvalue weighted by Gasteiger charge is -2.14. The minimum absolute atomic E-state index is 0.0405. The van der Waals surface area contributed by atoms with E-state index < -0.39 is 32.3 Å². The minimum Gasteiger partial charge on any atom is -0.481 e. The van der Waals surface area contributed by atoms with E-state index in [-0.39, 0.29) is 11.3 Å². The molecule has 0 saturated heterocycles. The fourth-order valence-electron chi connectivity index (χ4n) is 2.63. The van der Waals surface area contributed by atoms with E-state index in [1.54, 1.807) is 6.07 Å². The van der Waals surface area contributed by atoms with E-state index in [0.717, 1.165) is 0 Å². The SMILES string of the molecule is O=C(O)CC1(c2ccc(S(=O)(=O)C3CC3)c(F)c2)CC1. The predicted molar refractivity (Wildman–Crippen MR) is 69.8 cm³/mol. The van der Waals surface area contributed by atoms with Gasteiger partial charge in [-0.3, -0.25) is 4.79 Å². The van der Waals surface area contributed by atoms with E-state index in [1.807, 2.05) is 0 Å². The van der Waals surface area contributed by atoms with Gasteiger partial charge in [-0.05, 0) is 43.4 Å². The molecular weight excluding hydrogens is 283 g/mol. The molecule has 1 aromatic rings. The Balaban J connectivity index is 1.94. The molecule has 0 aromatic heterocycles. The number of sulfone groups is 1. The van der Waals surface area contributed by atoms with Gasteiger partial charge < -0.3 is 5.11 Å². The van der Waals surface area contributed by atoms with Crippen molar-refractivity contribution < 1.29 is 22.7 Å². The Morgan fingerprint density at radius 1 is 1.35 bits per heavy atom. The first-order valence-electron chi connectivity index (χ1n) is 6.61. The number of aliphatic carboxylic acids is 1. The van der Waals surface area contributed by atoms with Crippen molar-refractivity contribution in [3.8, 4) is 0 Å². The van der Waals surface area contributed by atoms with E-state index in [4.69, 9.17) is 5.11 Å². The largest absolute Gasteiger partial charge is 0.481 e. The Labute approximate surface area is 116 Å². The van der Waals surface area contributed by atoms with E-state index in [1.165, 1.54) is 12.1 Å². The molecular formula is C14H15FO4S. The van der Waals surface area contributed by atoms with E-state index in [2.05, 4.69) is 0 Å². The zero-order chi connectivity index (χ0) is 14.5. The highest BCUT2D eigenvalue weighted by molar-refractivity contribution is 7.92. The normalized spacial score (nSPS) is 20.6. The van der Waals surface area contributed by atoms with Gasteiger partial charge in [-0.2, -0.15) is 0 Å². The summed E-state index contributed by atoms with van der Waals surface area (Å²) in [5, 5.41) is 8.45. The molecule has 6 heteroatoms. The summed E-state index contributed by atoms with van der Waals surface area (Å²) < 4.78 is 38.2. The van der Waals surface area contributed by atoms with Crippen molar-refractivity contribution in [2.45, 2.75) is 47.7 Å². The number of carboxylic acids is 1. The standard InChI is InChI=1S/C14H15FO4S/c15-11-7-9(14(5-6-14)8-13(16)17)1-4-12(11)20(18,19)10-2-3-10/h1,4,7,10H,2-3,5-6,8H2,(H,16,17). The maximum atomic E-state index is 14.1. The van der Waals surface area contributed by atoms with Gasteiger partial charge in [-0.25, -0.2) is 12.8 Å². The molecule has 4 nitrogen and oxygen atoms in total.